The molecule has 4 aromatic rings. The summed E-state index contributed by atoms with van der Waals surface area (Å²) in [7, 11) is 1.50. The first kappa shape index (κ1) is 21.5. The number of carbonyl (C=O) groups is 2. The number of carbonyl (C=O) groups excluding carboxylic acids is 2. The number of methoxy groups -OCH3 is 1. The molecule has 34 heavy (non-hydrogen) atoms. The minimum atomic E-state index is -0.817. The van der Waals surface area contributed by atoms with E-state index in [1.54, 1.807) is 18.3 Å². The smallest absolute Gasteiger partial charge is 0.300 e. The predicted molar refractivity (Wildman–Crippen MR) is 132 cm³/mol. The standard InChI is InChI=1S/C28H24N2O4/c1-16-12-13-23(34-3)19(14-16)26(31)24-25(20-15-29-21-10-6-5-9-18(20)21)30(28(33)27(24)32)22-11-7-4-8-17(22)2/h4-15,25,29,31H,1-3H3/b26-24+. The number of rotatable bonds is 4. The fourth-order valence-corrected chi connectivity index (χ4v) is 4.68. The summed E-state index contributed by atoms with van der Waals surface area (Å²) >= 11 is 0. The number of aromatic amines is 1. The number of para-hydroxylation sites is 2. The lowest BCUT2D eigenvalue weighted by Crippen LogP contribution is -2.30. The maximum absolute atomic E-state index is 13.5. The molecule has 2 N–H and O–H groups in total. The minimum absolute atomic E-state index is 0.0295. The maximum atomic E-state index is 13.5. The zero-order chi connectivity index (χ0) is 24.0. The Balaban J connectivity index is 1.83. The molecule has 0 saturated carbocycles. The molecule has 1 aliphatic heterocycles. The number of H-pyrrole nitrogens is 1. The van der Waals surface area contributed by atoms with Gasteiger partial charge >= 0.3 is 0 Å². The van der Waals surface area contributed by atoms with Crippen molar-refractivity contribution in [1.29, 1.82) is 0 Å². The third-order valence-corrected chi connectivity index (χ3v) is 6.35. The van der Waals surface area contributed by atoms with Gasteiger partial charge in [0.05, 0.1) is 24.3 Å². The van der Waals surface area contributed by atoms with Gasteiger partial charge in [-0.1, -0.05) is 48.0 Å². The number of nitrogens with zero attached hydrogens (tertiary/aromatic N) is 1. The third-order valence-electron chi connectivity index (χ3n) is 6.35. The number of hydrogen-bond donors (Lipinski definition) is 2. The summed E-state index contributed by atoms with van der Waals surface area (Å²) in [6, 6.07) is 19.6. The Bertz CT molecular complexity index is 1480. The van der Waals surface area contributed by atoms with Crippen LogP contribution in [0.2, 0.25) is 0 Å². The Morgan fingerprint density at radius 3 is 2.50 bits per heavy atom. The lowest BCUT2D eigenvalue weighted by Gasteiger charge is -2.26. The highest BCUT2D eigenvalue weighted by Crippen LogP contribution is 2.45. The number of nitrogens with one attached hydrogen (secondary N) is 1. The number of aliphatic hydroxyl groups is 1. The average Bonchev–Trinajstić information content (AvgIpc) is 3.38. The van der Waals surface area contributed by atoms with E-state index in [1.807, 2.05) is 68.4 Å². The summed E-state index contributed by atoms with van der Waals surface area (Å²) in [5, 5.41) is 12.4. The van der Waals surface area contributed by atoms with E-state index in [9.17, 15) is 14.7 Å². The molecule has 0 aliphatic carbocycles. The van der Waals surface area contributed by atoms with Crippen LogP contribution in [-0.2, 0) is 9.59 Å². The Labute approximate surface area is 197 Å². The summed E-state index contributed by atoms with van der Waals surface area (Å²) in [5.41, 5.74) is 4.36. The average molecular weight is 453 g/mol. The number of benzene rings is 3. The van der Waals surface area contributed by atoms with Gasteiger partial charge in [0.2, 0.25) is 0 Å². The van der Waals surface area contributed by atoms with Crippen molar-refractivity contribution in [3.05, 3.63) is 101 Å². The monoisotopic (exact) mass is 452 g/mol. The molecule has 3 aromatic carbocycles. The van der Waals surface area contributed by atoms with Crippen molar-refractivity contribution in [2.75, 3.05) is 12.0 Å². The first-order valence-corrected chi connectivity index (χ1v) is 11.0. The van der Waals surface area contributed by atoms with Crippen LogP contribution < -0.4 is 9.64 Å². The molecule has 6 nitrogen and oxygen atoms in total. The largest absolute Gasteiger partial charge is 0.507 e. The van der Waals surface area contributed by atoms with Gasteiger partial charge in [-0.05, 0) is 43.7 Å². The van der Waals surface area contributed by atoms with Crippen molar-refractivity contribution in [3.8, 4) is 5.75 Å². The molecule has 2 heterocycles. The van der Waals surface area contributed by atoms with E-state index in [-0.39, 0.29) is 11.3 Å². The van der Waals surface area contributed by atoms with Crippen LogP contribution in [0.25, 0.3) is 16.7 Å². The van der Waals surface area contributed by atoms with Crippen LogP contribution in [0.3, 0.4) is 0 Å². The summed E-state index contributed by atoms with van der Waals surface area (Å²) < 4.78 is 5.46. The van der Waals surface area contributed by atoms with Crippen molar-refractivity contribution in [2.45, 2.75) is 19.9 Å². The van der Waals surface area contributed by atoms with Crippen LogP contribution in [-0.4, -0.2) is 28.9 Å². The number of ketones is 1. The molecule has 1 saturated heterocycles. The molecule has 6 heteroatoms. The first-order valence-electron chi connectivity index (χ1n) is 11.0. The summed E-state index contributed by atoms with van der Waals surface area (Å²) in [6.07, 6.45) is 1.80. The zero-order valence-corrected chi connectivity index (χ0v) is 19.1. The van der Waals surface area contributed by atoms with E-state index in [0.717, 1.165) is 27.6 Å². The van der Waals surface area contributed by atoms with Crippen molar-refractivity contribution in [3.63, 3.8) is 0 Å². The normalized spacial score (nSPS) is 17.5. The molecule has 0 radical (unpaired) electrons. The zero-order valence-electron chi connectivity index (χ0n) is 19.1. The second-order valence-corrected chi connectivity index (χ2v) is 8.45. The van der Waals surface area contributed by atoms with Gasteiger partial charge in [-0.25, -0.2) is 0 Å². The van der Waals surface area contributed by atoms with Gasteiger partial charge in [-0.15, -0.1) is 0 Å². The van der Waals surface area contributed by atoms with E-state index in [0.29, 0.717) is 17.0 Å². The van der Waals surface area contributed by atoms with Crippen LogP contribution in [0, 0.1) is 13.8 Å². The predicted octanol–water partition coefficient (Wildman–Crippen LogP) is 5.42. The molecule has 0 spiro atoms. The summed E-state index contributed by atoms with van der Waals surface area (Å²) in [6.45, 7) is 3.78. The number of aliphatic hydroxyl groups excluding tert-OH is 1. The summed E-state index contributed by atoms with van der Waals surface area (Å²) in [4.78, 5) is 31.7. The Morgan fingerprint density at radius 1 is 1.00 bits per heavy atom. The quantitative estimate of drug-likeness (QED) is 0.246. The molecule has 0 bridgehead atoms. The molecule has 1 amide bonds. The van der Waals surface area contributed by atoms with Crippen molar-refractivity contribution in [2.24, 2.45) is 0 Å². The maximum Gasteiger partial charge on any atom is 0.300 e. The van der Waals surface area contributed by atoms with Crippen LogP contribution in [0.4, 0.5) is 5.69 Å². The highest BCUT2D eigenvalue weighted by Gasteiger charge is 2.48. The van der Waals surface area contributed by atoms with Gasteiger partial charge in [-0.2, -0.15) is 0 Å². The Morgan fingerprint density at radius 2 is 1.74 bits per heavy atom. The number of aromatic nitrogens is 1. The molecule has 1 aromatic heterocycles. The molecule has 1 atom stereocenters. The molecule has 170 valence electrons. The van der Waals surface area contributed by atoms with Gasteiger partial charge < -0.3 is 14.8 Å². The van der Waals surface area contributed by atoms with Gasteiger partial charge in [0.15, 0.2) is 0 Å². The SMILES string of the molecule is COc1ccc(C)cc1/C(O)=C1\C(=O)C(=O)N(c2ccccc2C)C1c1c[nH]c2ccccc12. The molecular weight excluding hydrogens is 428 g/mol. The van der Waals surface area contributed by atoms with E-state index in [2.05, 4.69) is 4.98 Å². The van der Waals surface area contributed by atoms with Crippen LogP contribution >= 0.6 is 0 Å². The molecule has 1 fully saturated rings. The van der Waals surface area contributed by atoms with E-state index >= 15 is 0 Å². The third kappa shape index (κ3) is 3.27. The number of aryl methyl sites for hydroxylation is 2. The lowest BCUT2D eigenvalue weighted by molar-refractivity contribution is -0.132. The second kappa shape index (κ2) is 8.23. The number of amides is 1. The minimum Gasteiger partial charge on any atom is -0.507 e. The molecule has 1 unspecified atom stereocenters. The van der Waals surface area contributed by atoms with Crippen molar-refractivity contribution in [1.82, 2.24) is 4.98 Å². The highest BCUT2D eigenvalue weighted by molar-refractivity contribution is 6.52. The molecular formula is C28H24N2O4. The lowest BCUT2D eigenvalue weighted by atomic mass is 9.94. The second-order valence-electron chi connectivity index (χ2n) is 8.45. The first-order chi connectivity index (χ1) is 16.4. The van der Waals surface area contributed by atoms with Crippen molar-refractivity contribution < 1.29 is 19.4 Å². The highest BCUT2D eigenvalue weighted by atomic mass is 16.5. The summed E-state index contributed by atoms with van der Waals surface area (Å²) in [5.74, 6) is -1.26. The van der Waals surface area contributed by atoms with Gasteiger partial charge in [0, 0.05) is 28.4 Å². The number of fused-ring (bicyclic) bond motifs is 1. The molecule has 1 aliphatic rings. The van der Waals surface area contributed by atoms with Gasteiger partial charge in [0.1, 0.15) is 11.5 Å². The number of anilines is 1. The van der Waals surface area contributed by atoms with Crippen LogP contribution in [0.1, 0.15) is 28.3 Å². The number of hydrogen-bond acceptors (Lipinski definition) is 4. The Kier molecular flexibility index (Phi) is 5.21. The fourth-order valence-electron chi connectivity index (χ4n) is 4.68. The van der Waals surface area contributed by atoms with E-state index in [1.165, 1.54) is 12.0 Å². The van der Waals surface area contributed by atoms with Gasteiger partial charge in [-0.3, -0.25) is 14.5 Å². The van der Waals surface area contributed by atoms with E-state index < -0.39 is 17.7 Å². The Hall–Kier alpha value is -4.32. The van der Waals surface area contributed by atoms with Crippen LogP contribution in [0.5, 0.6) is 5.75 Å². The van der Waals surface area contributed by atoms with Gasteiger partial charge in [0.25, 0.3) is 11.7 Å². The van der Waals surface area contributed by atoms with E-state index in [4.69, 9.17) is 4.74 Å². The number of ether oxygens (including phenoxy) is 1. The molecule has 5 rings (SSSR count). The number of Topliss-reactive ketones (excluding diaryl/α,β-unsaturated/α-hetero) is 1. The van der Waals surface area contributed by atoms with Crippen molar-refractivity contribution >= 4 is 34.0 Å². The van der Waals surface area contributed by atoms with Crippen LogP contribution in [0.15, 0.2) is 78.5 Å². The topological polar surface area (TPSA) is 82.6 Å². The fraction of sp³-hybridized carbons (Fsp3) is 0.143.